The van der Waals surface area contributed by atoms with Crippen LogP contribution in [-0.4, -0.2) is 271 Å². The van der Waals surface area contributed by atoms with Crippen molar-refractivity contribution in [2.24, 2.45) is 11.8 Å². The average molecular weight is 1260 g/mol. The van der Waals surface area contributed by atoms with Gasteiger partial charge in [0.05, 0.1) is 62.9 Å². The van der Waals surface area contributed by atoms with Crippen LogP contribution < -0.4 is 31.3 Å². The van der Waals surface area contributed by atoms with Gasteiger partial charge in [-0.2, -0.15) is 0 Å². The predicted octanol–water partition coefficient (Wildman–Crippen LogP) is -4.90. The van der Waals surface area contributed by atoms with Gasteiger partial charge in [0.15, 0.2) is 18.9 Å². The molecule has 5 amide bonds. The first kappa shape index (κ1) is 72.4. The zero-order valence-electron chi connectivity index (χ0n) is 50.2. The third-order valence-electron chi connectivity index (χ3n) is 16.6. The molecule has 30 nitrogen and oxygen atoms in total. The maximum absolute atomic E-state index is 13.9. The lowest BCUT2D eigenvalue weighted by Crippen LogP contribution is -2.70. The number of hydrogen-bond donors (Lipinski definition) is 17. The first-order chi connectivity index (χ1) is 42.0. The molecule has 3 heterocycles. The van der Waals surface area contributed by atoms with Crippen molar-refractivity contribution in [1.29, 1.82) is 0 Å². The van der Waals surface area contributed by atoms with E-state index in [1.807, 2.05) is 0 Å². The van der Waals surface area contributed by atoms with E-state index in [9.17, 15) is 85.3 Å². The van der Waals surface area contributed by atoms with Crippen molar-refractivity contribution in [3.05, 3.63) is 42.0 Å². The van der Waals surface area contributed by atoms with Crippen LogP contribution in [0.4, 0.5) is 0 Å². The van der Waals surface area contributed by atoms with Crippen LogP contribution in [0.5, 0.6) is 5.75 Å². The van der Waals surface area contributed by atoms with Crippen LogP contribution in [-0.2, 0) is 52.3 Å². The van der Waals surface area contributed by atoms with Crippen molar-refractivity contribution in [3.8, 4) is 5.75 Å². The second-order valence-corrected chi connectivity index (χ2v) is 23.2. The molecule has 0 spiro atoms. The largest absolute Gasteiger partial charge is 0.494 e. The molecule has 3 saturated heterocycles. The van der Waals surface area contributed by atoms with E-state index in [1.54, 1.807) is 12.1 Å². The molecule has 30 heteroatoms. The highest BCUT2D eigenvalue weighted by Crippen LogP contribution is 2.39. The van der Waals surface area contributed by atoms with E-state index in [-0.39, 0.29) is 18.4 Å². The molecule has 2 saturated carbocycles. The van der Waals surface area contributed by atoms with Gasteiger partial charge in [-0.25, -0.2) is 0 Å². The topological polar surface area (TPSA) is 462 Å². The van der Waals surface area contributed by atoms with Gasteiger partial charge in [-0.05, 0) is 56.7 Å². The lowest BCUT2D eigenvalue weighted by molar-refractivity contribution is -0.342. The third kappa shape index (κ3) is 18.8. The zero-order valence-corrected chi connectivity index (χ0v) is 50.2. The number of carbonyl (C=O) groups excluding carboxylic acids is 5. The molecule has 0 radical (unpaired) electrons. The maximum Gasteiger partial charge on any atom is 0.251 e. The van der Waals surface area contributed by atoms with Gasteiger partial charge in [0.25, 0.3) is 5.91 Å². The number of benzene rings is 1. The number of allylic oxidation sites excluding steroid dienone is 2. The minimum Gasteiger partial charge on any atom is -0.494 e. The van der Waals surface area contributed by atoms with Crippen LogP contribution in [0.3, 0.4) is 0 Å². The Morgan fingerprint density at radius 2 is 0.955 bits per heavy atom. The minimum atomic E-state index is -1.94. The standard InChI is InChI=1S/C58H93N5O25/c1-6-7-8-9-10-11-12-13-14-18-81-34-17-15-16-31(19-34)55(79)63-43-46(74)45(73)37(24-66)85-57(43)88-54-39(26-68)86-58(44(50(54)78)62-30(5)72)87-52-33(23-65)21-35(40(48(52)76)59-27(2)69)82-51-32(22-64)20-36(41(47(51)75)60-28(3)70)83-53-38(25-67)84-56(80)42(49(53)77)61-29(4)71/h11-12,15-17,19,32-33,35-54,56-58,64-68,73-78,80H,6-10,13-14,18,20-26H2,1-5H3,(H,59,69)(H,60,70)(H,61,71)(H,62,72)(H,63,79)/b12-11-/t32-,33?,35+,36?,37?,38?,39-,40+,41?,42-,43-,44?,45+,46+,47?,48+,49+,50?,51+,52?,53?,54+,56+,57?,58?/m0/s1. The molecule has 6 rings (SSSR count). The Hall–Kier alpha value is -4.65. The fourth-order valence-electron chi connectivity index (χ4n) is 12.1. The second-order valence-electron chi connectivity index (χ2n) is 23.2. The highest BCUT2D eigenvalue weighted by molar-refractivity contribution is 5.94. The van der Waals surface area contributed by atoms with Gasteiger partial charge < -0.3 is 126 Å². The van der Waals surface area contributed by atoms with E-state index in [0.717, 1.165) is 47.0 Å². The van der Waals surface area contributed by atoms with Gasteiger partial charge >= 0.3 is 0 Å². The molecule has 5 aliphatic rings. The number of amides is 5. The first-order valence-corrected chi connectivity index (χ1v) is 30.2. The number of hydrogen-bond acceptors (Lipinski definition) is 25. The monoisotopic (exact) mass is 1260 g/mol. The first-order valence-electron chi connectivity index (χ1n) is 30.2. The molecule has 25 atom stereocenters. The predicted molar refractivity (Wildman–Crippen MR) is 304 cm³/mol. The number of unbranched alkanes of at least 4 members (excludes halogenated alkanes) is 5. The summed E-state index contributed by atoms with van der Waals surface area (Å²) in [5.74, 6) is -5.44. The van der Waals surface area contributed by atoms with Crippen molar-refractivity contribution >= 4 is 29.5 Å². The SMILES string of the molecule is CCCCCC/C=C\CCCOc1cccc(C(=O)N[C@@H]2C(O[C@H]3C(O)C(NC(C)=O)C(OC4C(CO)C[C@@H](O[C@H]5C(O)C(NC(C)=O)C(OC6C(CO)O[C@@H](O)[C@@H](NC(C)=O)[C@H]6O)C[C@H]5CO)[C@@H](NC(C)=O)[C@H]4O)O[C@H]3CO)OC(CO)[C@@H](O)[C@@H]2O)c1. The van der Waals surface area contributed by atoms with Crippen LogP contribution >= 0.6 is 0 Å². The molecular formula is C58H93N5O25. The van der Waals surface area contributed by atoms with Gasteiger partial charge in [-0.3, -0.25) is 24.0 Å². The number of aliphatic hydroxyl groups is 12. The normalized spacial score (nSPS) is 37.8. The van der Waals surface area contributed by atoms with Crippen molar-refractivity contribution in [3.63, 3.8) is 0 Å². The van der Waals surface area contributed by atoms with Gasteiger partial charge in [0.2, 0.25) is 23.6 Å². The quantitative estimate of drug-likeness (QED) is 0.0264. The Labute approximate surface area is 510 Å². The number of ether oxygens (including phenoxy) is 8. The van der Waals surface area contributed by atoms with Crippen molar-refractivity contribution in [1.82, 2.24) is 26.6 Å². The summed E-state index contributed by atoms with van der Waals surface area (Å²) in [6.07, 6.45) is -18.7. The second kappa shape index (κ2) is 34.7. The fraction of sp³-hybridized carbons (Fsp3) is 0.776. The Kier molecular flexibility index (Phi) is 28.5. The molecule has 0 bridgehead atoms. The van der Waals surface area contributed by atoms with Crippen LogP contribution in [0, 0.1) is 11.8 Å². The molecule has 0 aromatic heterocycles. The molecule has 5 fully saturated rings. The smallest absolute Gasteiger partial charge is 0.251 e. The molecule has 500 valence electrons. The Bertz CT molecular complexity index is 2400. The summed E-state index contributed by atoms with van der Waals surface area (Å²) in [6, 6.07) is -1.40. The minimum absolute atomic E-state index is 0.0733. The van der Waals surface area contributed by atoms with E-state index < -0.39 is 215 Å². The van der Waals surface area contributed by atoms with Gasteiger partial charge in [-0.1, -0.05) is 44.4 Å². The zero-order chi connectivity index (χ0) is 64.5. The van der Waals surface area contributed by atoms with E-state index in [4.69, 9.17) is 37.9 Å². The maximum atomic E-state index is 13.9. The third-order valence-corrected chi connectivity index (χ3v) is 16.6. The molecule has 2 aliphatic carbocycles. The number of aliphatic hydroxyl groups excluding tert-OH is 12. The van der Waals surface area contributed by atoms with E-state index >= 15 is 0 Å². The lowest BCUT2D eigenvalue weighted by atomic mass is 9.77. The fourth-order valence-corrected chi connectivity index (χ4v) is 12.1. The Morgan fingerprint density at radius 3 is 1.50 bits per heavy atom. The van der Waals surface area contributed by atoms with Gasteiger partial charge in [-0.15, -0.1) is 0 Å². The van der Waals surface area contributed by atoms with Gasteiger partial charge in [0, 0.05) is 58.3 Å². The molecule has 12 unspecified atom stereocenters. The number of nitrogens with one attached hydrogen (secondary N) is 5. The van der Waals surface area contributed by atoms with Crippen LogP contribution in [0.1, 0.15) is 103 Å². The van der Waals surface area contributed by atoms with E-state index in [0.29, 0.717) is 18.8 Å². The summed E-state index contributed by atoms with van der Waals surface area (Å²) >= 11 is 0. The van der Waals surface area contributed by atoms with Gasteiger partial charge in [0.1, 0.15) is 91.0 Å². The summed E-state index contributed by atoms with van der Waals surface area (Å²) in [7, 11) is 0. The highest BCUT2D eigenvalue weighted by Gasteiger charge is 2.57. The Balaban J connectivity index is 1.18. The summed E-state index contributed by atoms with van der Waals surface area (Å²) < 4.78 is 48.7. The Morgan fingerprint density at radius 1 is 0.500 bits per heavy atom. The molecule has 3 aliphatic heterocycles. The van der Waals surface area contributed by atoms with E-state index in [1.165, 1.54) is 31.4 Å². The number of rotatable bonds is 29. The van der Waals surface area contributed by atoms with Crippen LogP contribution in [0.2, 0.25) is 0 Å². The lowest BCUT2D eigenvalue weighted by Gasteiger charge is -2.51. The highest BCUT2D eigenvalue weighted by atomic mass is 16.7. The van der Waals surface area contributed by atoms with Crippen LogP contribution in [0.15, 0.2) is 36.4 Å². The summed E-state index contributed by atoms with van der Waals surface area (Å²) in [5, 5.41) is 146. The van der Waals surface area contributed by atoms with Crippen molar-refractivity contribution < 1.29 is 123 Å². The molecule has 17 N–H and O–H groups in total. The van der Waals surface area contributed by atoms with Crippen molar-refractivity contribution in [2.75, 3.05) is 39.6 Å². The molecule has 1 aromatic carbocycles. The molecule has 1 aromatic rings. The summed E-state index contributed by atoms with van der Waals surface area (Å²) in [5.41, 5.74) is 0.0733. The van der Waals surface area contributed by atoms with Crippen molar-refractivity contribution in [2.45, 2.75) is 233 Å². The average Bonchev–Trinajstić information content (AvgIpc) is 1.44. The summed E-state index contributed by atoms with van der Waals surface area (Å²) in [6.45, 7) is 2.92. The molecular weight excluding hydrogens is 1170 g/mol. The molecule has 88 heavy (non-hydrogen) atoms. The summed E-state index contributed by atoms with van der Waals surface area (Å²) in [4.78, 5) is 64.4. The van der Waals surface area contributed by atoms with Crippen LogP contribution in [0.25, 0.3) is 0 Å². The number of carbonyl (C=O) groups is 5. The van der Waals surface area contributed by atoms with E-state index in [2.05, 4.69) is 45.7 Å².